The number of nitrogens with one attached hydrogen (secondary N) is 1. The van der Waals surface area contributed by atoms with Crippen LogP contribution in [-0.2, 0) is 14.3 Å². The van der Waals surface area contributed by atoms with E-state index in [4.69, 9.17) is 4.74 Å². The average Bonchev–Trinajstić information content (AvgIpc) is 3.17. The molecule has 1 saturated heterocycles. The smallest absolute Gasteiger partial charge is 0.308 e. The van der Waals surface area contributed by atoms with Crippen molar-refractivity contribution in [2.24, 2.45) is 5.92 Å². The Hall–Kier alpha value is -2.21. The van der Waals surface area contributed by atoms with Gasteiger partial charge in [0.1, 0.15) is 0 Å². The molecule has 0 bridgehead atoms. The number of hydrogen-bond donors (Lipinski definition) is 1. The van der Waals surface area contributed by atoms with Gasteiger partial charge in [0.25, 0.3) is 0 Å². The van der Waals surface area contributed by atoms with E-state index in [1.165, 1.54) is 19.1 Å². The standard InChI is InChI=1S/C21H29N3O3/c1-27-21(26)16-8-10-18(11-9-16)23-20(25)7-4-14-24-13-3-6-19(24)17-5-2-12-22-15-17/h2,4-5,7,12,15-16,18-19H,3,6,8-11,13-14H2,1H3,(H,23,25)/b7-4+/t16?,18?,19-/m0/s1. The summed E-state index contributed by atoms with van der Waals surface area (Å²) in [5.41, 5.74) is 1.25. The summed E-state index contributed by atoms with van der Waals surface area (Å²) in [4.78, 5) is 30.4. The molecule has 1 aliphatic heterocycles. The number of aromatic nitrogens is 1. The van der Waals surface area contributed by atoms with Crippen molar-refractivity contribution in [1.82, 2.24) is 15.2 Å². The second-order valence-electron chi connectivity index (χ2n) is 7.42. The summed E-state index contributed by atoms with van der Waals surface area (Å²) in [5, 5.41) is 3.06. The highest BCUT2D eigenvalue weighted by Crippen LogP contribution is 2.31. The van der Waals surface area contributed by atoms with Crippen LogP contribution in [0.4, 0.5) is 0 Å². The van der Waals surface area contributed by atoms with Gasteiger partial charge in [0.15, 0.2) is 0 Å². The van der Waals surface area contributed by atoms with Gasteiger partial charge < -0.3 is 10.1 Å². The van der Waals surface area contributed by atoms with Crippen LogP contribution in [-0.4, -0.2) is 48.0 Å². The van der Waals surface area contributed by atoms with Crippen LogP contribution in [0.25, 0.3) is 0 Å². The zero-order valence-corrected chi connectivity index (χ0v) is 16.0. The molecule has 0 radical (unpaired) electrons. The number of carbonyl (C=O) groups excluding carboxylic acids is 2. The number of methoxy groups -OCH3 is 1. The molecular formula is C21H29N3O3. The minimum Gasteiger partial charge on any atom is -0.469 e. The molecule has 1 N–H and O–H groups in total. The second kappa shape index (κ2) is 9.65. The van der Waals surface area contributed by atoms with Crippen molar-refractivity contribution in [3.05, 3.63) is 42.2 Å². The van der Waals surface area contributed by atoms with Gasteiger partial charge in [-0.2, -0.15) is 0 Å². The molecule has 2 aliphatic rings. The number of amides is 1. The molecule has 1 aliphatic carbocycles. The van der Waals surface area contributed by atoms with Crippen molar-refractivity contribution in [1.29, 1.82) is 0 Å². The Bertz CT molecular complexity index is 654. The Balaban J connectivity index is 1.42. The summed E-state index contributed by atoms with van der Waals surface area (Å²) in [7, 11) is 1.43. The Morgan fingerprint density at radius 3 is 2.81 bits per heavy atom. The predicted octanol–water partition coefficient (Wildman–Crippen LogP) is 2.62. The number of nitrogens with zero attached hydrogens (tertiary/aromatic N) is 2. The lowest BCUT2D eigenvalue weighted by Gasteiger charge is -2.27. The van der Waals surface area contributed by atoms with Crippen molar-refractivity contribution in [2.45, 2.75) is 50.6 Å². The van der Waals surface area contributed by atoms with E-state index in [-0.39, 0.29) is 23.8 Å². The van der Waals surface area contributed by atoms with Gasteiger partial charge in [-0.3, -0.25) is 19.5 Å². The van der Waals surface area contributed by atoms with Crippen LogP contribution >= 0.6 is 0 Å². The van der Waals surface area contributed by atoms with Gasteiger partial charge in [-0.1, -0.05) is 12.1 Å². The van der Waals surface area contributed by atoms with Crippen molar-refractivity contribution >= 4 is 11.9 Å². The molecule has 0 spiro atoms. The van der Waals surface area contributed by atoms with Gasteiger partial charge in [-0.15, -0.1) is 0 Å². The van der Waals surface area contributed by atoms with Crippen molar-refractivity contribution < 1.29 is 14.3 Å². The molecule has 1 amide bonds. The SMILES string of the molecule is COC(=O)C1CCC(NC(=O)/C=C/CN2CCC[C@H]2c2cccnc2)CC1. The first kappa shape index (κ1) is 19.5. The largest absolute Gasteiger partial charge is 0.469 e. The first-order chi connectivity index (χ1) is 13.2. The van der Waals surface area contributed by atoms with Crippen molar-refractivity contribution in [3.8, 4) is 0 Å². The highest BCUT2D eigenvalue weighted by atomic mass is 16.5. The minimum absolute atomic E-state index is 0.0155. The van der Waals surface area contributed by atoms with Gasteiger partial charge in [0.2, 0.25) is 5.91 Å². The summed E-state index contributed by atoms with van der Waals surface area (Å²) in [6.45, 7) is 1.81. The van der Waals surface area contributed by atoms with Gasteiger partial charge >= 0.3 is 5.97 Å². The number of ether oxygens (including phenoxy) is 1. The number of pyridine rings is 1. The van der Waals surface area contributed by atoms with E-state index in [0.717, 1.165) is 45.2 Å². The van der Waals surface area contributed by atoms with E-state index >= 15 is 0 Å². The van der Waals surface area contributed by atoms with Gasteiger partial charge in [0.05, 0.1) is 13.0 Å². The molecule has 27 heavy (non-hydrogen) atoms. The van der Waals surface area contributed by atoms with Crippen LogP contribution in [0.15, 0.2) is 36.7 Å². The highest BCUT2D eigenvalue weighted by molar-refractivity contribution is 5.87. The molecule has 6 heteroatoms. The fourth-order valence-electron chi connectivity index (χ4n) is 4.18. The molecule has 1 aromatic heterocycles. The quantitative estimate of drug-likeness (QED) is 0.615. The van der Waals surface area contributed by atoms with Crippen LogP contribution in [0.1, 0.15) is 50.1 Å². The van der Waals surface area contributed by atoms with Crippen LogP contribution < -0.4 is 5.32 Å². The van der Waals surface area contributed by atoms with E-state index in [9.17, 15) is 9.59 Å². The summed E-state index contributed by atoms with van der Waals surface area (Å²) in [5.74, 6) is -0.194. The molecule has 6 nitrogen and oxygen atoms in total. The third kappa shape index (κ3) is 5.39. The maximum Gasteiger partial charge on any atom is 0.308 e. The summed E-state index contributed by atoms with van der Waals surface area (Å²) < 4.78 is 4.80. The lowest BCUT2D eigenvalue weighted by molar-refractivity contribution is -0.146. The van der Waals surface area contributed by atoms with E-state index < -0.39 is 0 Å². The van der Waals surface area contributed by atoms with Crippen molar-refractivity contribution in [2.75, 3.05) is 20.2 Å². The molecule has 2 fully saturated rings. The molecule has 1 aromatic rings. The average molecular weight is 371 g/mol. The molecule has 0 aromatic carbocycles. The summed E-state index contributed by atoms with van der Waals surface area (Å²) >= 11 is 0. The molecule has 3 rings (SSSR count). The topological polar surface area (TPSA) is 71.5 Å². The van der Waals surface area contributed by atoms with Crippen LogP contribution in [0.3, 0.4) is 0 Å². The zero-order chi connectivity index (χ0) is 19.1. The van der Waals surface area contributed by atoms with E-state index in [1.807, 2.05) is 18.3 Å². The fourth-order valence-corrected chi connectivity index (χ4v) is 4.18. The third-order valence-electron chi connectivity index (χ3n) is 5.65. The Labute approximate surface area is 161 Å². The monoisotopic (exact) mass is 371 g/mol. The molecule has 146 valence electrons. The lowest BCUT2D eigenvalue weighted by atomic mass is 9.86. The molecule has 1 atom stereocenters. The number of hydrogen-bond acceptors (Lipinski definition) is 5. The van der Waals surface area contributed by atoms with Gasteiger partial charge in [0, 0.05) is 37.1 Å². The van der Waals surface area contributed by atoms with E-state index in [0.29, 0.717) is 6.04 Å². The van der Waals surface area contributed by atoms with Crippen LogP contribution in [0.2, 0.25) is 0 Å². The fraction of sp³-hybridized carbons (Fsp3) is 0.571. The van der Waals surface area contributed by atoms with Gasteiger partial charge in [-0.25, -0.2) is 0 Å². The minimum atomic E-state index is -0.131. The van der Waals surface area contributed by atoms with E-state index in [2.05, 4.69) is 21.3 Å². The lowest BCUT2D eigenvalue weighted by Crippen LogP contribution is -2.38. The first-order valence-corrected chi connectivity index (χ1v) is 9.86. The van der Waals surface area contributed by atoms with Crippen LogP contribution in [0.5, 0.6) is 0 Å². The Morgan fingerprint density at radius 1 is 1.30 bits per heavy atom. The number of likely N-dealkylation sites (tertiary alicyclic amines) is 1. The molecule has 1 saturated carbocycles. The Kier molecular flexibility index (Phi) is 6.98. The van der Waals surface area contributed by atoms with Crippen molar-refractivity contribution in [3.63, 3.8) is 0 Å². The highest BCUT2D eigenvalue weighted by Gasteiger charge is 2.27. The normalized spacial score (nSPS) is 26.2. The predicted molar refractivity (Wildman–Crippen MR) is 103 cm³/mol. The maximum atomic E-state index is 12.2. The zero-order valence-electron chi connectivity index (χ0n) is 16.0. The first-order valence-electron chi connectivity index (χ1n) is 9.86. The summed E-state index contributed by atoms with van der Waals surface area (Å²) in [6, 6.07) is 4.64. The summed E-state index contributed by atoms with van der Waals surface area (Å²) in [6.07, 6.45) is 12.8. The van der Waals surface area contributed by atoms with Crippen LogP contribution in [0, 0.1) is 5.92 Å². The molecular weight excluding hydrogens is 342 g/mol. The second-order valence-corrected chi connectivity index (χ2v) is 7.42. The molecule has 2 heterocycles. The molecule has 0 unspecified atom stereocenters. The van der Waals surface area contributed by atoms with Gasteiger partial charge in [-0.05, 0) is 56.7 Å². The third-order valence-corrected chi connectivity index (χ3v) is 5.65. The number of carbonyl (C=O) groups is 2. The number of rotatable bonds is 6. The Morgan fingerprint density at radius 2 is 2.11 bits per heavy atom. The maximum absolute atomic E-state index is 12.2. The van der Waals surface area contributed by atoms with E-state index in [1.54, 1.807) is 12.3 Å². The number of esters is 1.